The van der Waals surface area contributed by atoms with Gasteiger partial charge in [-0.1, -0.05) is 18.2 Å². The summed E-state index contributed by atoms with van der Waals surface area (Å²) in [4.78, 5) is 26.3. The van der Waals surface area contributed by atoms with Crippen molar-refractivity contribution in [2.24, 2.45) is 0 Å². The fourth-order valence-corrected chi connectivity index (χ4v) is 3.81. The van der Waals surface area contributed by atoms with Gasteiger partial charge in [0.1, 0.15) is 11.3 Å². The van der Waals surface area contributed by atoms with Crippen LogP contribution in [0.4, 0.5) is 5.69 Å². The Labute approximate surface area is 165 Å². The quantitative estimate of drug-likeness (QED) is 0.389. The molecule has 0 bridgehead atoms. The van der Waals surface area contributed by atoms with Crippen LogP contribution in [0.5, 0.6) is 5.75 Å². The zero-order valence-corrected chi connectivity index (χ0v) is 16.5. The Balaban J connectivity index is 2.05. The molecule has 8 heteroatoms. The van der Waals surface area contributed by atoms with Gasteiger partial charge in [-0.3, -0.25) is 19.8 Å². The predicted molar refractivity (Wildman–Crippen MR) is 106 cm³/mol. The van der Waals surface area contributed by atoms with Gasteiger partial charge in [-0.15, -0.1) is 0 Å². The molecule has 0 aliphatic carbocycles. The maximum Gasteiger partial charge on any atom is 0.270 e. The van der Waals surface area contributed by atoms with Crippen LogP contribution in [0, 0.1) is 0 Å². The average Bonchev–Trinajstić information content (AvgIpc) is 2.57. The highest BCUT2D eigenvalue weighted by molar-refractivity contribution is 9.11. The number of aromatic hydroxyl groups is 1. The summed E-state index contributed by atoms with van der Waals surface area (Å²) in [6, 6.07) is 12.0. The molecule has 5 nitrogen and oxygen atoms in total. The van der Waals surface area contributed by atoms with Gasteiger partial charge in [-0.05, 0) is 80.0 Å². The number of rotatable bonds is 2. The van der Waals surface area contributed by atoms with Gasteiger partial charge < -0.3 is 5.11 Å². The van der Waals surface area contributed by atoms with E-state index in [1.807, 2.05) is 6.07 Å². The summed E-state index contributed by atoms with van der Waals surface area (Å²) in [6.45, 7) is 0. The Morgan fingerprint density at radius 3 is 2.28 bits per heavy atom. The number of phenolic OH excluding ortho intramolecular Hbond substituents is 1. The van der Waals surface area contributed by atoms with Crippen molar-refractivity contribution in [1.82, 2.24) is 5.32 Å². The number of carbonyl (C=O) groups excluding carboxylic acids is 2. The largest absolute Gasteiger partial charge is 0.506 e. The van der Waals surface area contributed by atoms with Crippen LogP contribution < -0.4 is 10.2 Å². The van der Waals surface area contributed by atoms with E-state index in [-0.39, 0.29) is 16.4 Å². The van der Waals surface area contributed by atoms with Crippen LogP contribution in [0.25, 0.3) is 6.08 Å². The Morgan fingerprint density at radius 1 is 1.08 bits per heavy atom. The molecule has 1 aliphatic heterocycles. The van der Waals surface area contributed by atoms with Crippen molar-refractivity contribution in [3.63, 3.8) is 0 Å². The Hall–Kier alpha value is -2.03. The molecule has 2 aromatic rings. The number of nitrogens with one attached hydrogen (secondary N) is 1. The van der Waals surface area contributed by atoms with E-state index in [9.17, 15) is 14.7 Å². The van der Waals surface area contributed by atoms with Gasteiger partial charge in [0, 0.05) is 0 Å². The van der Waals surface area contributed by atoms with Crippen molar-refractivity contribution in [2.45, 2.75) is 0 Å². The van der Waals surface area contributed by atoms with Gasteiger partial charge in [0.15, 0.2) is 5.11 Å². The number of hydrogen-bond donors (Lipinski definition) is 2. The molecule has 0 unspecified atom stereocenters. The van der Waals surface area contributed by atoms with Crippen LogP contribution in [0.3, 0.4) is 0 Å². The summed E-state index contributed by atoms with van der Waals surface area (Å²) in [6.07, 6.45) is 1.45. The van der Waals surface area contributed by atoms with E-state index in [2.05, 4.69) is 37.2 Å². The zero-order chi connectivity index (χ0) is 18.1. The maximum atomic E-state index is 12.8. The summed E-state index contributed by atoms with van der Waals surface area (Å²) in [5.74, 6) is -1.04. The first-order chi connectivity index (χ1) is 11.9. The summed E-state index contributed by atoms with van der Waals surface area (Å²) >= 11 is 11.6. The van der Waals surface area contributed by atoms with Gasteiger partial charge in [0.05, 0.1) is 14.6 Å². The van der Waals surface area contributed by atoms with Gasteiger partial charge >= 0.3 is 0 Å². The normalized spacial score (nSPS) is 16.3. The molecule has 0 atom stereocenters. The van der Waals surface area contributed by atoms with Crippen LogP contribution in [-0.2, 0) is 9.59 Å². The van der Waals surface area contributed by atoms with E-state index < -0.39 is 11.8 Å². The number of carbonyl (C=O) groups is 2. The Bertz CT molecular complexity index is 906. The minimum Gasteiger partial charge on any atom is -0.506 e. The van der Waals surface area contributed by atoms with Crippen molar-refractivity contribution in [1.29, 1.82) is 0 Å². The van der Waals surface area contributed by atoms with Gasteiger partial charge in [0.25, 0.3) is 11.8 Å². The highest BCUT2D eigenvalue weighted by Gasteiger charge is 2.34. The molecule has 2 aromatic carbocycles. The third-order valence-electron chi connectivity index (χ3n) is 3.47. The van der Waals surface area contributed by atoms with Crippen LogP contribution >= 0.6 is 44.1 Å². The summed E-state index contributed by atoms with van der Waals surface area (Å²) in [5.41, 5.74) is 1.08. The highest BCUT2D eigenvalue weighted by atomic mass is 79.9. The van der Waals surface area contributed by atoms with Gasteiger partial charge in [0.2, 0.25) is 0 Å². The predicted octanol–water partition coefficient (Wildman–Crippen LogP) is 3.75. The molecular formula is C17H10Br2N2O3S. The van der Waals surface area contributed by atoms with E-state index in [1.165, 1.54) is 11.0 Å². The number of anilines is 1. The van der Waals surface area contributed by atoms with E-state index in [1.54, 1.807) is 36.4 Å². The molecule has 25 heavy (non-hydrogen) atoms. The summed E-state index contributed by atoms with van der Waals surface area (Å²) < 4.78 is 0.876. The lowest BCUT2D eigenvalue weighted by Crippen LogP contribution is -2.54. The summed E-state index contributed by atoms with van der Waals surface area (Å²) in [5, 5.41) is 12.3. The minimum absolute atomic E-state index is 0.0337. The lowest BCUT2D eigenvalue weighted by atomic mass is 10.1. The van der Waals surface area contributed by atoms with Crippen molar-refractivity contribution >= 4 is 72.8 Å². The molecule has 1 saturated heterocycles. The third kappa shape index (κ3) is 3.51. The van der Waals surface area contributed by atoms with E-state index in [4.69, 9.17) is 12.2 Å². The molecule has 0 radical (unpaired) electrons. The second kappa shape index (κ2) is 7.07. The molecular weight excluding hydrogens is 472 g/mol. The van der Waals surface area contributed by atoms with Gasteiger partial charge in [-0.25, -0.2) is 0 Å². The van der Waals surface area contributed by atoms with Crippen LogP contribution in [0.15, 0.2) is 57.0 Å². The molecule has 0 saturated carbocycles. The molecule has 2 amide bonds. The molecule has 3 rings (SSSR count). The SMILES string of the molecule is O=C1NC(=S)N(c2ccccc2)C(=O)C1=Cc1cc(Br)c(O)c(Br)c1. The first kappa shape index (κ1) is 17.8. The van der Waals surface area contributed by atoms with Gasteiger partial charge in [-0.2, -0.15) is 0 Å². The van der Waals surface area contributed by atoms with Crippen molar-refractivity contribution < 1.29 is 14.7 Å². The van der Waals surface area contributed by atoms with Crippen LogP contribution in [-0.4, -0.2) is 22.0 Å². The monoisotopic (exact) mass is 480 g/mol. The molecule has 126 valence electrons. The number of hydrogen-bond acceptors (Lipinski definition) is 4. The first-order valence-corrected chi connectivity index (χ1v) is 9.02. The Kier molecular flexibility index (Phi) is 5.03. The fourth-order valence-electron chi connectivity index (χ4n) is 2.30. The third-order valence-corrected chi connectivity index (χ3v) is 4.96. The van der Waals surface area contributed by atoms with Crippen molar-refractivity contribution in [2.75, 3.05) is 4.90 Å². The molecule has 0 spiro atoms. The number of amides is 2. The number of thiocarbonyl (C=S) groups is 1. The number of para-hydroxylation sites is 1. The molecule has 0 aromatic heterocycles. The van der Waals surface area contributed by atoms with Crippen molar-refractivity contribution in [3.05, 3.63) is 62.5 Å². The topological polar surface area (TPSA) is 69.6 Å². The minimum atomic E-state index is -0.567. The number of phenols is 1. The van der Waals surface area contributed by atoms with E-state index in [0.29, 0.717) is 20.2 Å². The Morgan fingerprint density at radius 2 is 1.68 bits per heavy atom. The lowest BCUT2D eigenvalue weighted by molar-refractivity contribution is -0.122. The summed E-state index contributed by atoms with van der Waals surface area (Å²) in [7, 11) is 0. The number of benzene rings is 2. The fraction of sp³-hybridized carbons (Fsp3) is 0. The van der Waals surface area contributed by atoms with E-state index in [0.717, 1.165) is 0 Å². The molecule has 1 aliphatic rings. The smallest absolute Gasteiger partial charge is 0.270 e. The lowest BCUT2D eigenvalue weighted by Gasteiger charge is -2.28. The van der Waals surface area contributed by atoms with E-state index >= 15 is 0 Å². The van der Waals surface area contributed by atoms with Crippen LogP contribution in [0.2, 0.25) is 0 Å². The number of halogens is 2. The zero-order valence-electron chi connectivity index (χ0n) is 12.5. The first-order valence-electron chi connectivity index (χ1n) is 7.03. The highest BCUT2D eigenvalue weighted by Crippen LogP contribution is 2.34. The second-order valence-electron chi connectivity index (χ2n) is 5.13. The maximum absolute atomic E-state index is 12.8. The second-order valence-corrected chi connectivity index (χ2v) is 7.22. The molecule has 2 N–H and O–H groups in total. The number of nitrogens with zero attached hydrogens (tertiary/aromatic N) is 1. The standard InChI is InChI=1S/C17H10Br2N2O3S/c18-12-7-9(8-13(19)14(12)22)6-11-15(23)20-17(25)21(16(11)24)10-4-2-1-3-5-10/h1-8,22H,(H,20,23,25). The molecule has 1 heterocycles. The molecule has 1 fully saturated rings. The van der Waals surface area contributed by atoms with Crippen molar-refractivity contribution in [3.8, 4) is 5.75 Å². The average molecular weight is 482 g/mol. The van der Waals surface area contributed by atoms with Crippen LogP contribution in [0.1, 0.15) is 5.56 Å².